The number of nitrogens with one attached hydrogen (secondary N) is 2. The van der Waals surface area contributed by atoms with E-state index in [0.717, 1.165) is 5.56 Å². The zero-order chi connectivity index (χ0) is 16.9. The third-order valence-electron chi connectivity index (χ3n) is 4.05. The van der Waals surface area contributed by atoms with Gasteiger partial charge in [-0.2, -0.15) is 0 Å². The van der Waals surface area contributed by atoms with Gasteiger partial charge in [-0.15, -0.1) is 0 Å². The molecule has 1 fully saturated rings. The fraction of sp³-hybridized carbons (Fsp3) is 0.235. The summed E-state index contributed by atoms with van der Waals surface area (Å²) in [6, 6.07) is 10.2. The molecule has 1 aliphatic carbocycles. The first-order valence-corrected chi connectivity index (χ1v) is 9.22. The molecular weight excluding hydrogens is 328 g/mol. The van der Waals surface area contributed by atoms with Crippen LogP contribution in [0.1, 0.15) is 28.8 Å². The van der Waals surface area contributed by atoms with Crippen molar-refractivity contribution in [3.05, 3.63) is 47.5 Å². The van der Waals surface area contributed by atoms with Crippen LogP contribution < -0.4 is 14.8 Å². The summed E-state index contributed by atoms with van der Waals surface area (Å²) in [7, 11) is -3.38. The minimum atomic E-state index is -3.38. The minimum absolute atomic E-state index is 0.292. The Labute approximate surface area is 139 Å². The van der Waals surface area contributed by atoms with E-state index < -0.39 is 10.0 Å². The molecule has 2 aliphatic rings. The van der Waals surface area contributed by atoms with Crippen molar-refractivity contribution in [2.45, 2.75) is 25.0 Å². The molecule has 1 aliphatic heterocycles. The smallest absolute Gasteiger partial charge is 0.259 e. The largest absolute Gasteiger partial charge is 0.454 e. The van der Waals surface area contributed by atoms with Gasteiger partial charge in [0.15, 0.2) is 5.75 Å². The van der Waals surface area contributed by atoms with Crippen LogP contribution in [0.15, 0.2) is 36.4 Å². The van der Waals surface area contributed by atoms with Gasteiger partial charge < -0.3 is 10.1 Å². The van der Waals surface area contributed by atoms with E-state index >= 15 is 0 Å². The first-order valence-electron chi connectivity index (χ1n) is 7.68. The van der Waals surface area contributed by atoms with Crippen molar-refractivity contribution in [1.82, 2.24) is 0 Å². The Balaban J connectivity index is 1.69. The zero-order valence-electron chi connectivity index (χ0n) is 13.0. The van der Waals surface area contributed by atoms with Crippen LogP contribution in [0.4, 0.5) is 11.4 Å². The number of hydrogen-bond acceptors (Lipinski definition) is 4. The maximum absolute atomic E-state index is 12.5. The van der Waals surface area contributed by atoms with E-state index in [2.05, 4.69) is 10.0 Å². The summed E-state index contributed by atoms with van der Waals surface area (Å²) >= 11 is 0. The second-order valence-corrected chi connectivity index (χ2v) is 8.07. The molecule has 6 nitrogen and oxygen atoms in total. The number of fused-ring (bicyclic) bond motifs is 2. The lowest BCUT2D eigenvalue weighted by Crippen LogP contribution is -2.18. The summed E-state index contributed by atoms with van der Waals surface area (Å²) in [6.45, 7) is 1.93. The monoisotopic (exact) mass is 344 g/mol. The van der Waals surface area contributed by atoms with E-state index in [1.165, 1.54) is 6.07 Å². The van der Waals surface area contributed by atoms with Crippen LogP contribution in [0.5, 0.6) is 11.5 Å². The van der Waals surface area contributed by atoms with Gasteiger partial charge in [-0.25, -0.2) is 8.42 Å². The average molecular weight is 344 g/mol. The Morgan fingerprint density at radius 2 is 1.88 bits per heavy atom. The molecule has 2 N–H and O–H groups in total. The molecule has 4 rings (SSSR count). The third-order valence-corrected chi connectivity index (χ3v) is 5.92. The lowest BCUT2D eigenvalue weighted by atomic mass is 10.1. The maximum Gasteiger partial charge on any atom is 0.259 e. The Morgan fingerprint density at radius 3 is 2.62 bits per heavy atom. The average Bonchev–Trinajstić information content (AvgIpc) is 3.35. The number of sulfonamides is 1. The molecule has 24 heavy (non-hydrogen) atoms. The number of anilines is 2. The molecule has 0 saturated heterocycles. The van der Waals surface area contributed by atoms with E-state index in [1.54, 1.807) is 18.2 Å². The number of benzene rings is 2. The van der Waals surface area contributed by atoms with Gasteiger partial charge >= 0.3 is 0 Å². The topological polar surface area (TPSA) is 84.5 Å². The fourth-order valence-electron chi connectivity index (χ4n) is 2.62. The van der Waals surface area contributed by atoms with E-state index in [0.29, 0.717) is 41.3 Å². The molecule has 2 aromatic rings. The second-order valence-electron chi connectivity index (χ2n) is 6.11. The molecule has 1 saturated carbocycles. The molecule has 0 unspecified atom stereocenters. The summed E-state index contributed by atoms with van der Waals surface area (Å²) in [5, 5.41) is 2.48. The highest BCUT2D eigenvalue weighted by molar-refractivity contribution is 7.93. The second kappa shape index (κ2) is 5.24. The van der Waals surface area contributed by atoms with Gasteiger partial charge in [-0.3, -0.25) is 9.52 Å². The predicted octanol–water partition coefficient (Wildman–Crippen LogP) is 3.26. The van der Waals surface area contributed by atoms with E-state index in [4.69, 9.17) is 4.74 Å². The molecule has 124 valence electrons. The Morgan fingerprint density at radius 1 is 1.12 bits per heavy atom. The van der Waals surface area contributed by atoms with Crippen LogP contribution in [-0.4, -0.2) is 19.6 Å². The van der Waals surface area contributed by atoms with Crippen LogP contribution in [0.25, 0.3) is 0 Å². The fourth-order valence-corrected chi connectivity index (χ4v) is 4.00. The molecule has 0 aromatic heterocycles. The summed E-state index contributed by atoms with van der Waals surface area (Å²) in [5.41, 5.74) is 2.25. The molecule has 0 bridgehead atoms. The van der Waals surface area contributed by atoms with Crippen LogP contribution in [0.3, 0.4) is 0 Å². The molecular formula is C17H16N2O4S. The predicted molar refractivity (Wildman–Crippen MR) is 91.2 cm³/mol. The molecule has 1 heterocycles. The van der Waals surface area contributed by atoms with Crippen molar-refractivity contribution < 1.29 is 17.9 Å². The van der Waals surface area contributed by atoms with Crippen LogP contribution in [0.2, 0.25) is 0 Å². The van der Waals surface area contributed by atoms with Gasteiger partial charge in [0.05, 0.1) is 16.5 Å². The number of hydrogen-bond donors (Lipinski definition) is 2. The molecule has 7 heteroatoms. The highest BCUT2D eigenvalue weighted by atomic mass is 32.2. The number of aryl methyl sites for hydroxylation is 1. The SMILES string of the molecule is Cc1ccc2c(c1)NC(=O)c1cc(NS(=O)(=O)C3CC3)ccc1O2. The van der Waals surface area contributed by atoms with Crippen molar-refractivity contribution >= 4 is 27.3 Å². The summed E-state index contributed by atoms with van der Waals surface area (Å²) < 4.78 is 32.5. The minimum Gasteiger partial charge on any atom is -0.454 e. The summed E-state index contributed by atoms with van der Waals surface area (Å²) in [5.74, 6) is 0.616. The number of amides is 1. The van der Waals surface area contributed by atoms with Crippen molar-refractivity contribution in [2.24, 2.45) is 0 Å². The van der Waals surface area contributed by atoms with Crippen LogP contribution in [0, 0.1) is 6.92 Å². The maximum atomic E-state index is 12.5. The molecule has 0 spiro atoms. The van der Waals surface area contributed by atoms with Crippen molar-refractivity contribution in [3.8, 4) is 11.5 Å². The van der Waals surface area contributed by atoms with Gasteiger partial charge in [0.1, 0.15) is 5.75 Å². The molecule has 0 radical (unpaired) electrons. The normalized spacial score (nSPS) is 16.3. The Bertz CT molecular complexity index is 949. The molecule has 1 amide bonds. The first-order chi connectivity index (χ1) is 11.4. The third kappa shape index (κ3) is 2.71. The van der Waals surface area contributed by atoms with Crippen LogP contribution in [-0.2, 0) is 10.0 Å². The highest BCUT2D eigenvalue weighted by Crippen LogP contribution is 2.37. The van der Waals surface area contributed by atoms with Crippen molar-refractivity contribution in [2.75, 3.05) is 10.0 Å². The lowest BCUT2D eigenvalue weighted by molar-refractivity contribution is 0.102. The van der Waals surface area contributed by atoms with E-state index in [-0.39, 0.29) is 11.2 Å². The van der Waals surface area contributed by atoms with Gasteiger partial charge in [0.2, 0.25) is 10.0 Å². The number of carbonyl (C=O) groups is 1. The van der Waals surface area contributed by atoms with Gasteiger partial charge in [-0.05, 0) is 55.7 Å². The number of rotatable bonds is 3. The molecule has 0 atom stereocenters. The quantitative estimate of drug-likeness (QED) is 0.895. The number of ether oxygens (including phenoxy) is 1. The first kappa shape index (κ1) is 15.0. The van der Waals surface area contributed by atoms with E-state index in [9.17, 15) is 13.2 Å². The Kier molecular flexibility index (Phi) is 3.28. The summed E-state index contributed by atoms with van der Waals surface area (Å²) in [6.07, 6.45) is 1.36. The van der Waals surface area contributed by atoms with Crippen molar-refractivity contribution in [1.29, 1.82) is 0 Å². The van der Waals surface area contributed by atoms with Crippen molar-refractivity contribution in [3.63, 3.8) is 0 Å². The van der Waals surface area contributed by atoms with E-state index in [1.807, 2.05) is 19.1 Å². The van der Waals surface area contributed by atoms with Gasteiger partial charge in [-0.1, -0.05) is 6.07 Å². The number of carbonyl (C=O) groups excluding carboxylic acids is 1. The highest BCUT2D eigenvalue weighted by Gasteiger charge is 2.36. The van der Waals surface area contributed by atoms with Gasteiger partial charge in [0.25, 0.3) is 5.91 Å². The Hall–Kier alpha value is -2.54. The standard InChI is InChI=1S/C17H16N2O4S/c1-10-2-6-16-14(8-10)18-17(20)13-9-11(3-7-15(13)23-16)19-24(21,22)12-4-5-12/h2-3,6-9,12,19H,4-5H2,1H3,(H,18,20). The summed E-state index contributed by atoms with van der Waals surface area (Å²) in [4.78, 5) is 12.5. The zero-order valence-corrected chi connectivity index (χ0v) is 13.8. The lowest BCUT2D eigenvalue weighted by Gasteiger charge is -2.10. The molecule has 2 aromatic carbocycles. The van der Waals surface area contributed by atoms with Gasteiger partial charge in [0, 0.05) is 5.69 Å². The van der Waals surface area contributed by atoms with Crippen LogP contribution >= 0.6 is 0 Å².